The number of aromatic nitrogens is 3. The molecule has 0 spiro atoms. The molecule has 162 valence electrons. The van der Waals surface area contributed by atoms with E-state index in [2.05, 4.69) is 20.3 Å². The average Bonchev–Trinajstić information content (AvgIpc) is 3.15. The lowest BCUT2D eigenvalue weighted by molar-refractivity contribution is -0.113. The summed E-state index contributed by atoms with van der Waals surface area (Å²) < 4.78 is 17.3. The molecule has 0 aliphatic carbocycles. The number of thioether (sulfide) groups is 1. The Hall–Kier alpha value is -3.53. The van der Waals surface area contributed by atoms with E-state index in [9.17, 15) is 9.59 Å². The summed E-state index contributed by atoms with van der Waals surface area (Å²) >= 11 is 1.25. The Morgan fingerprint density at radius 1 is 1.06 bits per heavy atom. The number of hydrogen-bond donors (Lipinski definition) is 1. The third kappa shape index (κ3) is 5.98. The molecule has 3 aromatic rings. The van der Waals surface area contributed by atoms with Gasteiger partial charge in [0.1, 0.15) is 18.1 Å². The van der Waals surface area contributed by atoms with Crippen molar-refractivity contribution >= 4 is 29.3 Å². The Bertz CT molecular complexity index is 1050. The van der Waals surface area contributed by atoms with E-state index in [0.29, 0.717) is 28.0 Å². The van der Waals surface area contributed by atoms with Crippen molar-refractivity contribution < 1.29 is 23.8 Å². The van der Waals surface area contributed by atoms with Crippen LogP contribution in [-0.4, -0.2) is 46.6 Å². The van der Waals surface area contributed by atoms with Crippen LogP contribution in [0.2, 0.25) is 0 Å². The molecule has 0 unspecified atom stereocenters. The van der Waals surface area contributed by atoms with Crippen LogP contribution < -0.4 is 14.8 Å². The van der Waals surface area contributed by atoms with Gasteiger partial charge in [-0.2, -0.15) is 0 Å². The second-order valence-corrected chi connectivity index (χ2v) is 7.27. The molecule has 1 N–H and O–H groups in total. The van der Waals surface area contributed by atoms with E-state index in [1.807, 2.05) is 31.3 Å². The first kappa shape index (κ1) is 22.2. The molecule has 0 atom stereocenters. The van der Waals surface area contributed by atoms with Crippen LogP contribution in [0.25, 0.3) is 0 Å². The molecule has 9 nitrogen and oxygen atoms in total. The van der Waals surface area contributed by atoms with Gasteiger partial charge < -0.3 is 24.1 Å². The first-order valence-electron chi connectivity index (χ1n) is 9.26. The molecule has 3 rings (SSSR count). The zero-order valence-corrected chi connectivity index (χ0v) is 18.1. The lowest BCUT2D eigenvalue weighted by atomic mass is 10.2. The fraction of sp³-hybridized carbons (Fsp3) is 0.238. The minimum atomic E-state index is -0.464. The predicted octanol–water partition coefficient (Wildman–Crippen LogP) is 2.92. The lowest BCUT2D eigenvalue weighted by Crippen LogP contribution is -2.15. The number of esters is 1. The van der Waals surface area contributed by atoms with Crippen molar-refractivity contribution in [3.8, 4) is 11.5 Å². The van der Waals surface area contributed by atoms with E-state index >= 15 is 0 Å². The predicted molar refractivity (Wildman–Crippen MR) is 115 cm³/mol. The number of ether oxygens (including phenoxy) is 3. The zero-order valence-electron chi connectivity index (χ0n) is 17.3. The number of amides is 1. The highest BCUT2D eigenvalue weighted by molar-refractivity contribution is 7.99. The van der Waals surface area contributed by atoms with Crippen LogP contribution in [0.1, 0.15) is 16.2 Å². The summed E-state index contributed by atoms with van der Waals surface area (Å²) in [5.74, 6) is 1.50. The Balaban J connectivity index is 1.52. The SMILES string of the molecule is COC(=O)c1cccc(NC(=O)CSc2nnc(COc3ccc(OC)cc3)n2C)c1. The van der Waals surface area contributed by atoms with Gasteiger partial charge in [-0.3, -0.25) is 4.79 Å². The molecule has 2 aromatic carbocycles. The van der Waals surface area contributed by atoms with Gasteiger partial charge in [0.15, 0.2) is 11.0 Å². The van der Waals surface area contributed by atoms with Crippen molar-refractivity contribution in [2.75, 3.05) is 25.3 Å². The Morgan fingerprint density at radius 3 is 2.52 bits per heavy atom. The topological polar surface area (TPSA) is 105 Å². The highest BCUT2D eigenvalue weighted by Gasteiger charge is 2.13. The minimum Gasteiger partial charge on any atom is -0.497 e. The van der Waals surface area contributed by atoms with Crippen LogP contribution >= 0.6 is 11.8 Å². The standard InChI is InChI=1S/C21H22N4O5S/c1-25-18(12-30-17-9-7-16(28-2)8-10-17)23-24-21(25)31-13-19(26)22-15-6-4-5-14(11-15)20(27)29-3/h4-11H,12-13H2,1-3H3,(H,22,26). The van der Waals surface area contributed by atoms with Crippen molar-refractivity contribution in [1.82, 2.24) is 14.8 Å². The summed E-state index contributed by atoms with van der Waals surface area (Å²) in [6, 6.07) is 13.8. The first-order chi connectivity index (χ1) is 15.0. The van der Waals surface area contributed by atoms with Crippen LogP contribution in [0.4, 0.5) is 5.69 Å². The van der Waals surface area contributed by atoms with Crippen molar-refractivity contribution in [2.45, 2.75) is 11.8 Å². The molecule has 10 heteroatoms. The van der Waals surface area contributed by atoms with E-state index < -0.39 is 5.97 Å². The highest BCUT2D eigenvalue weighted by atomic mass is 32.2. The Labute approximate surface area is 183 Å². The number of anilines is 1. The van der Waals surface area contributed by atoms with E-state index in [1.54, 1.807) is 35.9 Å². The molecule has 0 bridgehead atoms. The van der Waals surface area contributed by atoms with E-state index in [0.717, 1.165) is 5.75 Å². The number of benzene rings is 2. The molecule has 0 saturated carbocycles. The largest absolute Gasteiger partial charge is 0.497 e. The molecular formula is C21H22N4O5S. The Kier molecular flexibility index (Phi) is 7.50. The molecule has 1 amide bonds. The van der Waals surface area contributed by atoms with Crippen LogP contribution in [0.15, 0.2) is 53.7 Å². The van der Waals surface area contributed by atoms with Gasteiger partial charge in [-0.1, -0.05) is 17.8 Å². The highest BCUT2D eigenvalue weighted by Crippen LogP contribution is 2.20. The molecule has 0 saturated heterocycles. The van der Waals surface area contributed by atoms with Gasteiger partial charge >= 0.3 is 5.97 Å². The van der Waals surface area contributed by atoms with E-state index in [1.165, 1.54) is 18.9 Å². The third-order valence-electron chi connectivity index (χ3n) is 4.25. The smallest absolute Gasteiger partial charge is 0.337 e. The number of nitrogens with one attached hydrogen (secondary N) is 1. The Morgan fingerprint density at radius 2 is 1.81 bits per heavy atom. The summed E-state index contributed by atoms with van der Waals surface area (Å²) in [5.41, 5.74) is 0.878. The second kappa shape index (κ2) is 10.5. The number of methoxy groups -OCH3 is 2. The summed E-state index contributed by atoms with van der Waals surface area (Å²) in [5, 5.41) is 11.6. The fourth-order valence-electron chi connectivity index (χ4n) is 2.59. The van der Waals surface area contributed by atoms with Crippen molar-refractivity contribution in [3.63, 3.8) is 0 Å². The molecule has 0 aliphatic heterocycles. The maximum atomic E-state index is 12.3. The number of nitrogens with zero attached hydrogens (tertiary/aromatic N) is 3. The average molecular weight is 442 g/mol. The number of hydrogen-bond acceptors (Lipinski definition) is 8. The maximum Gasteiger partial charge on any atom is 0.337 e. The van der Waals surface area contributed by atoms with Crippen molar-refractivity contribution in [1.29, 1.82) is 0 Å². The zero-order chi connectivity index (χ0) is 22.2. The normalized spacial score (nSPS) is 10.4. The van der Waals surface area contributed by atoms with Gasteiger partial charge in [0.05, 0.1) is 25.5 Å². The fourth-order valence-corrected chi connectivity index (χ4v) is 3.32. The second-order valence-electron chi connectivity index (χ2n) is 6.33. The number of carbonyl (C=O) groups is 2. The summed E-state index contributed by atoms with van der Waals surface area (Å²) in [7, 11) is 4.72. The van der Waals surface area contributed by atoms with E-state index in [-0.39, 0.29) is 18.3 Å². The lowest BCUT2D eigenvalue weighted by Gasteiger charge is -2.08. The van der Waals surface area contributed by atoms with Crippen LogP contribution in [0.5, 0.6) is 11.5 Å². The van der Waals surface area contributed by atoms with Gasteiger partial charge in [0, 0.05) is 12.7 Å². The van der Waals surface area contributed by atoms with E-state index in [4.69, 9.17) is 9.47 Å². The summed E-state index contributed by atoms with van der Waals surface area (Å²) in [6.07, 6.45) is 0. The monoisotopic (exact) mass is 442 g/mol. The van der Waals surface area contributed by atoms with Gasteiger partial charge in [-0.25, -0.2) is 4.79 Å². The molecule has 0 aliphatic rings. The molecule has 1 aromatic heterocycles. The molecule has 31 heavy (non-hydrogen) atoms. The molecule has 1 heterocycles. The van der Waals surface area contributed by atoms with Crippen LogP contribution in [0.3, 0.4) is 0 Å². The molecule has 0 fully saturated rings. The molecular weight excluding hydrogens is 420 g/mol. The van der Waals surface area contributed by atoms with Crippen LogP contribution in [-0.2, 0) is 23.2 Å². The van der Waals surface area contributed by atoms with Gasteiger partial charge in [-0.15, -0.1) is 10.2 Å². The van der Waals surface area contributed by atoms with Crippen molar-refractivity contribution in [3.05, 3.63) is 59.9 Å². The third-order valence-corrected chi connectivity index (χ3v) is 5.27. The van der Waals surface area contributed by atoms with Crippen LogP contribution in [0, 0.1) is 0 Å². The maximum absolute atomic E-state index is 12.3. The van der Waals surface area contributed by atoms with Crippen molar-refractivity contribution in [2.24, 2.45) is 7.05 Å². The summed E-state index contributed by atoms with van der Waals surface area (Å²) in [4.78, 5) is 23.9. The molecule has 0 radical (unpaired) electrons. The minimum absolute atomic E-state index is 0.133. The van der Waals surface area contributed by atoms with Gasteiger partial charge in [-0.05, 0) is 42.5 Å². The first-order valence-corrected chi connectivity index (χ1v) is 10.2. The van der Waals surface area contributed by atoms with Gasteiger partial charge in [0.2, 0.25) is 5.91 Å². The quantitative estimate of drug-likeness (QED) is 0.398. The van der Waals surface area contributed by atoms with Gasteiger partial charge in [0.25, 0.3) is 0 Å². The summed E-state index contributed by atoms with van der Waals surface area (Å²) in [6.45, 7) is 0.239. The number of carbonyl (C=O) groups excluding carboxylic acids is 2. The number of rotatable bonds is 9.